The van der Waals surface area contributed by atoms with Crippen LogP contribution >= 0.6 is 11.6 Å². The van der Waals surface area contributed by atoms with Crippen molar-refractivity contribution in [1.29, 1.82) is 0 Å². The maximum atomic E-state index is 13.4. The van der Waals surface area contributed by atoms with Crippen LogP contribution in [0.15, 0.2) is 18.2 Å². The molecule has 0 spiro atoms. The van der Waals surface area contributed by atoms with Crippen molar-refractivity contribution in [3.8, 4) is 5.75 Å². The number of halogens is 2. The summed E-state index contributed by atoms with van der Waals surface area (Å²) in [6, 6.07) is 4.31. The molecule has 6 heteroatoms. The van der Waals surface area contributed by atoms with Crippen molar-refractivity contribution < 1.29 is 14.2 Å². The SMILES string of the molecule is CCn1nc(C)c(Cl)c1CC(O)c1ccc(F)c(OC)c1. The Kier molecular flexibility index (Phi) is 4.85. The zero-order valence-corrected chi connectivity index (χ0v) is 13.0. The third kappa shape index (κ3) is 3.19. The predicted octanol–water partition coefficient (Wildman–Crippen LogP) is 3.29. The van der Waals surface area contributed by atoms with Gasteiger partial charge >= 0.3 is 0 Å². The molecule has 0 aliphatic carbocycles. The highest BCUT2D eigenvalue weighted by Gasteiger charge is 2.18. The summed E-state index contributed by atoms with van der Waals surface area (Å²) in [5.74, 6) is -0.348. The van der Waals surface area contributed by atoms with Crippen LogP contribution in [0, 0.1) is 12.7 Å². The summed E-state index contributed by atoms with van der Waals surface area (Å²) >= 11 is 6.23. The van der Waals surface area contributed by atoms with E-state index in [9.17, 15) is 9.50 Å². The molecule has 114 valence electrons. The molecule has 0 aliphatic rings. The van der Waals surface area contributed by atoms with Gasteiger partial charge in [-0.2, -0.15) is 5.10 Å². The number of aromatic nitrogens is 2. The zero-order valence-electron chi connectivity index (χ0n) is 12.2. The van der Waals surface area contributed by atoms with Crippen molar-refractivity contribution >= 4 is 11.6 Å². The molecular formula is C15H18ClFN2O2. The van der Waals surface area contributed by atoms with E-state index in [1.165, 1.54) is 25.3 Å². The van der Waals surface area contributed by atoms with E-state index in [2.05, 4.69) is 5.10 Å². The number of aryl methyl sites for hydroxylation is 2. The van der Waals surface area contributed by atoms with Crippen molar-refractivity contribution in [1.82, 2.24) is 9.78 Å². The van der Waals surface area contributed by atoms with Gasteiger partial charge in [0.25, 0.3) is 0 Å². The molecule has 1 aromatic heterocycles. The van der Waals surface area contributed by atoms with Gasteiger partial charge in [0.2, 0.25) is 0 Å². The highest BCUT2D eigenvalue weighted by Crippen LogP contribution is 2.28. The Morgan fingerprint density at radius 1 is 1.48 bits per heavy atom. The summed E-state index contributed by atoms with van der Waals surface area (Å²) in [5.41, 5.74) is 2.08. The lowest BCUT2D eigenvalue weighted by Gasteiger charge is -2.14. The van der Waals surface area contributed by atoms with E-state index in [0.717, 1.165) is 11.4 Å². The van der Waals surface area contributed by atoms with Crippen molar-refractivity contribution in [3.63, 3.8) is 0 Å². The number of rotatable bonds is 5. The number of benzene rings is 1. The number of hydrogen-bond donors (Lipinski definition) is 1. The summed E-state index contributed by atoms with van der Waals surface area (Å²) in [7, 11) is 1.39. The second-order valence-electron chi connectivity index (χ2n) is 4.78. The average molecular weight is 313 g/mol. The Balaban J connectivity index is 2.28. The number of ether oxygens (including phenoxy) is 1. The molecular weight excluding hydrogens is 295 g/mol. The van der Waals surface area contributed by atoms with Gasteiger partial charge in [-0.15, -0.1) is 0 Å². The average Bonchev–Trinajstić information content (AvgIpc) is 2.75. The molecule has 1 aromatic carbocycles. The lowest BCUT2D eigenvalue weighted by atomic mass is 10.0. The molecule has 1 heterocycles. The largest absolute Gasteiger partial charge is 0.494 e. The van der Waals surface area contributed by atoms with Crippen LogP contribution in [0.4, 0.5) is 4.39 Å². The van der Waals surface area contributed by atoms with Crippen molar-refractivity contribution in [3.05, 3.63) is 46.0 Å². The molecule has 0 radical (unpaired) electrons. The molecule has 21 heavy (non-hydrogen) atoms. The molecule has 0 saturated heterocycles. The third-order valence-corrected chi connectivity index (χ3v) is 3.89. The quantitative estimate of drug-likeness (QED) is 0.921. The number of methoxy groups -OCH3 is 1. The van der Waals surface area contributed by atoms with Crippen molar-refractivity contribution in [2.45, 2.75) is 32.9 Å². The van der Waals surface area contributed by atoms with Crippen LogP contribution in [0.5, 0.6) is 5.75 Å². The van der Waals surface area contributed by atoms with E-state index in [-0.39, 0.29) is 5.75 Å². The maximum absolute atomic E-state index is 13.4. The molecule has 0 bridgehead atoms. The van der Waals surface area contributed by atoms with Gasteiger partial charge in [-0.05, 0) is 31.5 Å². The summed E-state index contributed by atoms with van der Waals surface area (Å²) in [6.07, 6.45) is -0.499. The first-order chi connectivity index (χ1) is 9.97. The second kappa shape index (κ2) is 6.45. The Morgan fingerprint density at radius 2 is 2.19 bits per heavy atom. The third-order valence-electron chi connectivity index (χ3n) is 3.40. The first-order valence-electron chi connectivity index (χ1n) is 6.71. The minimum Gasteiger partial charge on any atom is -0.494 e. The predicted molar refractivity (Wildman–Crippen MR) is 79.3 cm³/mol. The Morgan fingerprint density at radius 3 is 2.81 bits per heavy atom. The molecule has 0 aliphatic heterocycles. The first-order valence-corrected chi connectivity index (χ1v) is 7.09. The van der Waals surface area contributed by atoms with E-state index in [1.54, 1.807) is 4.68 Å². The van der Waals surface area contributed by atoms with Crippen LogP contribution in [0.1, 0.15) is 30.0 Å². The molecule has 1 unspecified atom stereocenters. The highest BCUT2D eigenvalue weighted by atomic mass is 35.5. The van der Waals surface area contributed by atoms with E-state index in [0.29, 0.717) is 23.6 Å². The van der Waals surface area contributed by atoms with Crippen LogP contribution in [-0.2, 0) is 13.0 Å². The molecule has 0 fully saturated rings. The highest BCUT2D eigenvalue weighted by molar-refractivity contribution is 6.31. The van der Waals surface area contributed by atoms with Gasteiger partial charge in [-0.3, -0.25) is 4.68 Å². The van der Waals surface area contributed by atoms with Crippen LogP contribution in [0.3, 0.4) is 0 Å². The van der Waals surface area contributed by atoms with Gasteiger partial charge in [0, 0.05) is 13.0 Å². The minimum absolute atomic E-state index is 0.109. The fourth-order valence-corrected chi connectivity index (χ4v) is 2.46. The van der Waals surface area contributed by atoms with E-state index >= 15 is 0 Å². The number of aliphatic hydroxyl groups excluding tert-OH is 1. The van der Waals surface area contributed by atoms with E-state index in [4.69, 9.17) is 16.3 Å². The summed E-state index contributed by atoms with van der Waals surface area (Å²) in [5, 5.41) is 15.2. The van der Waals surface area contributed by atoms with Crippen LogP contribution in [0.25, 0.3) is 0 Å². The standard InChI is InChI=1S/C15H18ClFN2O2/c1-4-19-12(15(16)9(2)18-19)8-13(20)10-5-6-11(17)14(7-10)21-3/h5-7,13,20H,4,8H2,1-3H3. The van der Waals surface area contributed by atoms with Gasteiger partial charge in [-0.1, -0.05) is 17.7 Å². The van der Waals surface area contributed by atoms with Crippen molar-refractivity contribution in [2.75, 3.05) is 7.11 Å². The monoisotopic (exact) mass is 312 g/mol. The van der Waals surface area contributed by atoms with Crippen LogP contribution in [0.2, 0.25) is 5.02 Å². The Labute approximate surface area is 128 Å². The molecule has 0 amide bonds. The normalized spacial score (nSPS) is 12.5. The van der Waals surface area contributed by atoms with Crippen LogP contribution in [-0.4, -0.2) is 22.0 Å². The summed E-state index contributed by atoms with van der Waals surface area (Å²) < 4.78 is 20.1. The van der Waals surface area contributed by atoms with Crippen LogP contribution < -0.4 is 4.74 Å². The fourth-order valence-electron chi connectivity index (χ4n) is 2.25. The number of aliphatic hydroxyl groups is 1. The van der Waals surface area contributed by atoms with E-state index < -0.39 is 11.9 Å². The van der Waals surface area contributed by atoms with Gasteiger partial charge in [-0.25, -0.2) is 4.39 Å². The van der Waals surface area contributed by atoms with Gasteiger partial charge < -0.3 is 9.84 Å². The number of hydrogen-bond acceptors (Lipinski definition) is 3. The molecule has 2 rings (SSSR count). The summed E-state index contributed by atoms with van der Waals surface area (Å²) in [4.78, 5) is 0. The smallest absolute Gasteiger partial charge is 0.165 e. The molecule has 1 N–H and O–H groups in total. The van der Waals surface area contributed by atoms with Gasteiger partial charge in [0.15, 0.2) is 11.6 Å². The fraction of sp³-hybridized carbons (Fsp3) is 0.400. The second-order valence-corrected chi connectivity index (χ2v) is 5.15. The summed E-state index contributed by atoms with van der Waals surface area (Å²) in [6.45, 7) is 4.45. The molecule has 1 atom stereocenters. The van der Waals surface area contributed by atoms with E-state index in [1.807, 2.05) is 13.8 Å². The van der Waals surface area contributed by atoms with Crippen molar-refractivity contribution in [2.24, 2.45) is 0 Å². The van der Waals surface area contributed by atoms with Gasteiger partial charge in [0.1, 0.15) is 0 Å². The number of nitrogens with zero attached hydrogens (tertiary/aromatic N) is 2. The minimum atomic E-state index is -0.807. The molecule has 4 nitrogen and oxygen atoms in total. The lowest BCUT2D eigenvalue weighted by molar-refractivity contribution is 0.175. The lowest BCUT2D eigenvalue weighted by Crippen LogP contribution is -2.09. The Hall–Kier alpha value is -1.59. The molecule has 2 aromatic rings. The zero-order chi connectivity index (χ0) is 15.6. The topological polar surface area (TPSA) is 47.3 Å². The maximum Gasteiger partial charge on any atom is 0.165 e. The first kappa shape index (κ1) is 15.8. The van der Waals surface area contributed by atoms with Gasteiger partial charge in [0.05, 0.1) is 29.6 Å². The molecule has 0 saturated carbocycles. The Bertz CT molecular complexity index is 643.